The Morgan fingerprint density at radius 1 is 0.967 bits per heavy atom. The molecular formula is C22H19N5O2S. The number of nitrogens with zero attached hydrogens (tertiary/aromatic N) is 5. The summed E-state index contributed by atoms with van der Waals surface area (Å²) in [4.78, 5) is 25.7. The molecule has 0 amide bonds. The van der Waals surface area contributed by atoms with E-state index in [0.717, 1.165) is 27.7 Å². The Bertz CT molecular complexity index is 1530. The molecule has 5 aromatic rings. The summed E-state index contributed by atoms with van der Waals surface area (Å²) in [6, 6.07) is 15.3. The lowest BCUT2D eigenvalue weighted by molar-refractivity contribution is 0.0945. The second kappa shape index (κ2) is 6.84. The van der Waals surface area contributed by atoms with Gasteiger partial charge >= 0.3 is 0 Å². The van der Waals surface area contributed by atoms with Crippen LogP contribution in [0.3, 0.4) is 0 Å². The van der Waals surface area contributed by atoms with Crippen LogP contribution >= 0.6 is 11.8 Å². The molecule has 0 spiro atoms. The van der Waals surface area contributed by atoms with Gasteiger partial charge in [0.15, 0.2) is 5.16 Å². The molecule has 7 nitrogen and oxygen atoms in total. The van der Waals surface area contributed by atoms with E-state index in [-0.39, 0.29) is 17.2 Å². The van der Waals surface area contributed by atoms with E-state index in [2.05, 4.69) is 10.2 Å². The molecule has 0 aliphatic heterocycles. The lowest BCUT2D eigenvalue weighted by atomic mass is 10.2. The first-order valence-corrected chi connectivity index (χ1v) is 10.5. The number of hydrogen-bond acceptors (Lipinski definition) is 5. The molecule has 2 aromatic carbocycles. The van der Waals surface area contributed by atoms with E-state index >= 15 is 0 Å². The zero-order valence-corrected chi connectivity index (χ0v) is 17.6. The summed E-state index contributed by atoms with van der Waals surface area (Å²) in [5, 5.41) is 10.7. The van der Waals surface area contributed by atoms with Crippen LogP contribution in [0, 0.1) is 13.8 Å². The van der Waals surface area contributed by atoms with Gasteiger partial charge in [0.25, 0.3) is 5.56 Å². The largest absolute Gasteiger partial charge is 0.284 e. The van der Waals surface area contributed by atoms with Gasteiger partial charge in [-0.15, -0.1) is 10.2 Å². The monoisotopic (exact) mass is 417 g/mol. The molecule has 5 rings (SSSR count). The maximum atomic E-state index is 13.1. The molecule has 0 saturated carbocycles. The highest BCUT2D eigenvalue weighted by Crippen LogP contribution is 2.27. The van der Waals surface area contributed by atoms with Crippen molar-refractivity contribution in [2.24, 2.45) is 7.05 Å². The Morgan fingerprint density at radius 3 is 2.40 bits per heavy atom. The van der Waals surface area contributed by atoms with E-state index in [1.165, 1.54) is 16.3 Å². The number of hydrogen-bond donors (Lipinski definition) is 0. The molecule has 0 saturated heterocycles. The van der Waals surface area contributed by atoms with Gasteiger partial charge in [-0.1, -0.05) is 42.1 Å². The van der Waals surface area contributed by atoms with Crippen LogP contribution in [0.2, 0.25) is 0 Å². The molecule has 150 valence electrons. The van der Waals surface area contributed by atoms with Gasteiger partial charge in [-0.2, -0.15) is 0 Å². The number of benzene rings is 2. The third kappa shape index (κ3) is 2.60. The van der Waals surface area contributed by atoms with Crippen LogP contribution in [0.4, 0.5) is 0 Å². The first kappa shape index (κ1) is 18.6. The SMILES string of the molecule is Cc1c(C)n(C(=O)CSc2nnc3n(C)c(=O)c4ccccc4n23)c2ccccc12. The predicted octanol–water partition coefficient (Wildman–Crippen LogP) is 3.59. The Labute approximate surface area is 175 Å². The highest BCUT2D eigenvalue weighted by molar-refractivity contribution is 7.99. The number of para-hydroxylation sites is 2. The fourth-order valence-electron chi connectivity index (χ4n) is 3.95. The summed E-state index contributed by atoms with van der Waals surface area (Å²) in [5.74, 6) is 0.636. The number of carbonyl (C=O) groups is 1. The van der Waals surface area contributed by atoms with E-state index in [9.17, 15) is 9.59 Å². The third-order valence-corrected chi connectivity index (χ3v) is 6.51. The Hall–Kier alpha value is -3.39. The first-order chi connectivity index (χ1) is 14.5. The Balaban J connectivity index is 1.56. The first-order valence-electron chi connectivity index (χ1n) is 9.54. The van der Waals surface area contributed by atoms with Crippen LogP contribution in [0.5, 0.6) is 0 Å². The lowest BCUT2D eigenvalue weighted by Crippen LogP contribution is -2.20. The van der Waals surface area contributed by atoms with Crippen LogP contribution in [0.1, 0.15) is 16.1 Å². The standard InChI is InChI=1S/C22H19N5O2S/c1-13-14(2)26(17-10-6-4-8-15(13)17)19(28)12-30-22-24-23-21-25(3)20(29)16-9-5-7-11-18(16)27(21)22/h4-11H,12H2,1-3H3. The number of fused-ring (bicyclic) bond motifs is 4. The lowest BCUT2D eigenvalue weighted by Gasteiger charge is -2.08. The van der Waals surface area contributed by atoms with E-state index < -0.39 is 0 Å². The quantitative estimate of drug-likeness (QED) is 0.420. The fraction of sp³-hybridized carbons (Fsp3) is 0.182. The predicted molar refractivity (Wildman–Crippen MR) is 118 cm³/mol. The number of carbonyl (C=O) groups excluding carboxylic acids is 1. The van der Waals surface area contributed by atoms with Gasteiger partial charge in [-0.3, -0.25) is 23.1 Å². The normalized spacial score (nSPS) is 11.7. The van der Waals surface area contributed by atoms with Crippen LogP contribution in [-0.4, -0.2) is 35.4 Å². The third-order valence-electron chi connectivity index (χ3n) is 5.60. The molecule has 0 bridgehead atoms. The van der Waals surface area contributed by atoms with Crippen molar-refractivity contribution in [2.45, 2.75) is 19.0 Å². The van der Waals surface area contributed by atoms with Crippen LogP contribution in [-0.2, 0) is 7.05 Å². The molecule has 8 heteroatoms. The smallest absolute Gasteiger partial charge is 0.262 e. The summed E-state index contributed by atoms with van der Waals surface area (Å²) < 4.78 is 5.09. The van der Waals surface area contributed by atoms with Gasteiger partial charge in [-0.05, 0) is 37.6 Å². The van der Waals surface area contributed by atoms with Crippen molar-refractivity contribution in [3.05, 3.63) is 70.1 Å². The van der Waals surface area contributed by atoms with Gasteiger partial charge in [0, 0.05) is 18.1 Å². The zero-order chi connectivity index (χ0) is 21.0. The summed E-state index contributed by atoms with van der Waals surface area (Å²) in [5.41, 5.74) is 3.58. The van der Waals surface area contributed by atoms with E-state index in [1.807, 2.05) is 60.7 Å². The molecular weight excluding hydrogens is 398 g/mol. The van der Waals surface area contributed by atoms with E-state index in [4.69, 9.17) is 0 Å². The van der Waals surface area contributed by atoms with Crippen molar-refractivity contribution in [2.75, 3.05) is 5.75 Å². The number of aryl methyl sites for hydroxylation is 2. The Morgan fingerprint density at radius 2 is 1.63 bits per heavy atom. The summed E-state index contributed by atoms with van der Waals surface area (Å²) in [6.07, 6.45) is 0. The molecule has 0 N–H and O–H groups in total. The second-order valence-corrected chi connectivity index (χ2v) is 8.19. The number of thioether (sulfide) groups is 1. The van der Waals surface area contributed by atoms with Crippen molar-refractivity contribution >= 4 is 45.3 Å². The van der Waals surface area contributed by atoms with Crippen LogP contribution < -0.4 is 5.56 Å². The molecule has 30 heavy (non-hydrogen) atoms. The van der Waals surface area contributed by atoms with Crippen molar-refractivity contribution < 1.29 is 4.79 Å². The molecule has 0 aliphatic carbocycles. The van der Waals surface area contributed by atoms with Gasteiger partial charge in [-0.25, -0.2) is 0 Å². The van der Waals surface area contributed by atoms with Gasteiger partial charge in [0.2, 0.25) is 11.7 Å². The van der Waals surface area contributed by atoms with Crippen LogP contribution in [0.25, 0.3) is 27.6 Å². The average molecular weight is 417 g/mol. The summed E-state index contributed by atoms with van der Waals surface area (Å²) in [7, 11) is 1.68. The topological polar surface area (TPSA) is 74.2 Å². The van der Waals surface area contributed by atoms with Crippen molar-refractivity contribution in [1.29, 1.82) is 0 Å². The fourth-order valence-corrected chi connectivity index (χ4v) is 4.74. The minimum absolute atomic E-state index is 0.0207. The highest BCUT2D eigenvalue weighted by atomic mass is 32.2. The molecule has 3 heterocycles. The zero-order valence-electron chi connectivity index (χ0n) is 16.8. The Kier molecular flexibility index (Phi) is 4.25. The van der Waals surface area contributed by atoms with Crippen LogP contribution in [0.15, 0.2) is 58.5 Å². The molecule has 0 atom stereocenters. The minimum Gasteiger partial charge on any atom is -0.284 e. The van der Waals surface area contributed by atoms with E-state index in [0.29, 0.717) is 16.3 Å². The van der Waals surface area contributed by atoms with Gasteiger partial charge in [0.1, 0.15) is 0 Å². The summed E-state index contributed by atoms with van der Waals surface area (Å²) >= 11 is 1.32. The van der Waals surface area contributed by atoms with Crippen molar-refractivity contribution in [3.63, 3.8) is 0 Å². The molecule has 0 aliphatic rings. The molecule has 3 aromatic heterocycles. The molecule has 0 radical (unpaired) electrons. The number of rotatable bonds is 3. The maximum absolute atomic E-state index is 13.1. The number of aromatic nitrogens is 5. The molecule has 0 fully saturated rings. The second-order valence-electron chi connectivity index (χ2n) is 7.24. The van der Waals surface area contributed by atoms with Gasteiger partial charge < -0.3 is 0 Å². The minimum atomic E-state index is -0.122. The highest BCUT2D eigenvalue weighted by Gasteiger charge is 2.19. The summed E-state index contributed by atoms with van der Waals surface area (Å²) in [6.45, 7) is 4.00. The van der Waals surface area contributed by atoms with Crippen molar-refractivity contribution in [1.82, 2.24) is 23.7 Å². The van der Waals surface area contributed by atoms with Gasteiger partial charge in [0.05, 0.1) is 22.2 Å². The van der Waals surface area contributed by atoms with E-state index in [1.54, 1.807) is 17.7 Å². The van der Waals surface area contributed by atoms with Crippen molar-refractivity contribution in [3.8, 4) is 0 Å². The maximum Gasteiger partial charge on any atom is 0.262 e. The molecule has 0 unspecified atom stereocenters. The average Bonchev–Trinajstić information content (AvgIpc) is 3.30.